The first kappa shape index (κ1) is 25.5. The fourth-order valence-corrected chi connectivity index (χ4v) is 5.42. The molecule has 0 unspecified atom stereocenters. The minimum atomic E-state index is -0.546. The summed E-state index contributed by atoms with van der Waals surface area (Å²) >= 11 is 0. The zero-order valence-electron chi connectivity index (χ0n) is 21.4. The second kappa shape index (κ2) is 11.5. The molecule has 1 N–H and O–H groups in total. The van der Waals surface area contributed by atoms with Crippen LogP contribution in [-0.2, 0) is 4.74 Å². The molecular weight excluding hydrogens is 466 g/mol. The Morgan fingerprint density at radius 3 is 2.05 bits per heavy atom. The second-order valence-corrected chi connectivity index (χ2v) is 9.91. The SMILES string of the molecule is CC[C@H](OC[C@@H](O)CN1CCN(CCN2C(=O)c3cccc4cccc(c34)C2=O)CC1)c1ccccc1. The number of hydrogen-bond acceptors (Lipinski definition) is 6. The third-order valence-electron chi connectivity index (χ3n) is 7.46. The summed E-state index contributed by atoms with van der Waals surface area (Å²) in [7, 11) is 0. The first-order valence-electron chi connectivity index (χ1n) is 13.2. The van der Waals surface area contributed by atoms with E-state index >= 15 is 0 Å². The van der Waals surface area contributed by atoms with Crippen LogP contribution in [0, 0.1) is 0 Å². The maximum absolute atomic E-state index is 13.1. The predicted molar refractivity (Wildman–Crippen MR) is 144 cm³/mol. The molecule has 0 saturated carbocycles. The maximum Gasteiger partial charge on any atom is 0.261 e. The quantitative estimate of drug-likeness (QED) is 0.428. The first-order chi connectivity index (χ1) is 18.0. The van der Waals surface area contributed by atoms with Crippen molar-refractivity contribution in [2.24, 2.45) is 0 Å². The van der Waals surface area contributed by atoms with Crippen molar-refractivity contribution in [3.63, 3.8) is 0 Å². The van der Waals surface area contributed by atoms with Crippen molar-refractivity contribution < 1.29 is 19.4 Å². The van der Waals surface area contributed by atoms with E-state index in [0.717, 1.165) is 48.9 Å². The third-order valence-corrected chi connectivity index (χ3v) is 7.46. The minimum Gasteiger partial charge on any atom is -0.389 e. The van der Waals surface area contributed by atoms with E-state index in [1.165, 1.54) is 4.90 Å². The number of ether oxygens (including phenoxy) is 1. The topological polar surface area (TPSA) is 73.3 Å². The number of β-amino-alcohol motifs (C(OH)–C–C–N with tert-alkyl or cyclic N) is 1. The molecule has 1 saturated heterocycles. The Bertz CT molecular complexity index is 1190. The highest BCUT2D eigenvalue weighted by atomic mass is 16.5. The summed E-state index contributed by atoms with van der Waals surface area (Å²) in [5.74, 6) is -0.422. The van der Waals surface area contributed by atoms with Gasteiger partial charge in [0.15, 0.2) is 0 Å². The van der Waals surface area contributed by atoms with Crippen molar-refractivity contribution in [1.29, 1.82) is 0 Å². The van der Waals surface area contributed by atoms with Crippen LogP contribution >= 0.6 is 0 Å². The van der Waals surface area contributed by atoms with Crippen LogP contribution in [0.3, 0.4) is 0 Å². The monoisotopic (exact) mass is 501 g/mol. The zero-order chi connectivity index (χ0) is 25.8. The highest BCUT2D eigenvalue weighted by Crippen LogP contribution is 2.30. The van der Waals surface area contributed by atoms with Crippen LogP contribution in [0.4, 0.5) is 0 Å². The molecule has 2 heterocycles. The number of amides is 2. The summed E-state index contributed by atoms with van der Waals surface area (Å²) in [6.07, 6.45) is 0.306. The van der Waals surface area contributed by atoms with Crippen molar-refractivity contribution in [3.05, 3.63) is 83.4 Å². The number of benzene rings is 3. The van der Waals surface area contributed by atoms with E-state index in [2.05, 4.69) is 28.9 Å². The van der Waals surface area contributed by atoms with Gasteiger partial charge in [-0.05, 0) is 29.5 Å². The van der Waals surface area contributed by atoms with Gasteiger partial charge in [0.05, 0.1) is 18.8 Å². The molecule has 0 aromatic heterocycles. The van der Waals surface area contributed by atoms with E-state index in [4.69, 9.17) is 4.74 Å². The van der Waals surface area contributed by atoms with Gasteiger partial charge in [-0.3, -0.25) is 24.3 Å². The van der Waals surface area contributed by atoms with Gasteiger partial charge < -0.3 is 9.84 Å². The van der Waals surface area contributed by atoms with Gasteiger partial charge in [0.25, 0.3) is 11.8 Å². The lowest BCUT2D eigenvalue weighted by atomic mass is 9.94. The van der Waals surface area contributed by atoms with Crippen molar-refractivity contribution in [1.82, 2.24) is 14.7 Å². The van der Waals surface area contributed by atoms with Gasteiger partial charge in [-0.2, -0.15) is 0 Å². The van der Waals surface area contributed by atoms with Crippen molar-refractivity contribution >= 4 is 22.6 Å². The minimum absolute atomic E-state index is 0.00754. The fourth-order valence-electron chi connectivity index (χ4n) is 5.42. The van der Waals surface area contributed by atoms with Gasteiger partial charge in [0.1, 0.15) is 0 Å². The van der Waals surface area contributed by atoms with E-state index in [0.29, 0.717) is 37.4 Å². The molecule has 7 nitrogen and oxygen atoms in total. The molecule has 0 radical (unpaired) electrons. The van der Waals surface area contributed by atoms with Gasteiger partial charge in [-0.1, -0.05) is 61.5 Å². The zero-order valence-corrected chi connectivity index (χ0v) is 21.4. The molecule has 7 heteroatoms. The Morgan fingerprint density at radius 1 is 0.811 bits per heavy atom. The Hall–Kier alpha value is -3.10. The molecule has 2 aliphatic rings. The maximum atomic E-state index is 13.1. The number of aliphatic hydroxyl groups excluding tert-OH is 1. The standard InChI is InChI=1S/C30H35N3O4/c1-2-27(22-8-4-3-5-9-22)37-21-24(34)20-32-16-14-31(15-17-32)18-19-33-29(35)25-12-6-10-23-11-7-13-26(28(23)25)30(33)36/h3-13,24,27,34H,2,14-21H2,1H3/t24-,27-/m0/s1. The summed E-state index contributed by atoms with van der Waals surface area (Å²) in [5.41, 5.74) is 2.34. The van der Waals surface area contributed by atoms with Gasteiger partial charge in [-0.15, -0.1) is 0 Å². The Balaban J connectivity index is 1.08. The number of carbonyl (C=O) groups excluding carboxylic acids is 2. The first-order valence-corrected chi connectivity index (χ1v) is 13.2. The second-order valence-electron chi connectivity index (χ2n) is 9.91. The molecule has 2 amide bonds. The highest BCUT2D eigenvalue weighted by molar-refractivity contribution is 6.25. The average molecular weight is 502 g/mol. The van der Waals surface area contributed by atoms with E-state index in [1.807, 2.05) is 54.6 Å². The van der Waals surface area contributed by atoms with Gasteiger partial charge >= 0.3 is 0 Å². The molecule has 1 fully saturated rings. The van der Waals surface area contributed by atoms with Crippen molar-refractivity contribution in [2.45, 2.75) is 25.6 Å². The summed E-state index contributed by atoms with van der Waals surface area (Å²) in [6.45, 7) is 7.31. The van der Waals surface area contributed by atoms with Crippen LogP contribution < -0.4 is 0 Å². The summed E-state index contributed by atoms with van der Waals surface area (Å²) in [6, 6.07) is 21.4. The smallest absolute Gasteiger partial charge is 0.261 e. The molecule has 0 aliphatic carbocycles. The largest absolute Gasteiger partial charge is 0.389 e. The Labute approximate surface area is 218 Å². The lowest BCUT2D eigenvalue weighted by Gasteiger charge is -2.37. The summed E-state index contributed by atoms with van der Waals surface area (Å²) in [4.78, 5) is 32.2. The van der Waals surface area contributed by atoms with E-state index in [-0.39, 0.29) is 17.9 Å². The van der Waals surface area contributed by atoms with Gasteiger partial charge in [0, 0.05) is 62.3 Å². The van der Waals surface area contributed by atoms with Gasteiger partial charge in [0.2, 0.25) is 0 Å². The molecule has 5 rings (SSSR count). The van der Waals surface area contributed by atoms with E-state index in [9.17, 15) is 14.7 Å². The van der Waals surface area contributed by atoms with Crippen LogP contribution in [0.2, 0.25) is 0 Å². The average Bonchev–Trinajstić information content (AvgIpc) is 2.93. The third kappa shape index (κ3) is 5.60. The molecule has 0 spiro atoms. The Morgan fingerprint density at radius 2 is 1.43 bits per heavy atom. The molecule has 2 aliphatic heterocycles. The van der Waals surface area contributed by atoms with Crippen LogP contribution in [0.5, 0.6) is 0 Å². The fraction of sp³-hybridized carbons (Fsp3) is 0.400. The molecule has 3 aromatic carbocycles. The van der Waals surface area contributed by atoms with E-state index in [1.54, 1.807) is 0 Å². The van der Waals surface area contributed by atoms with Crippen LogP contribution in [0.1, 0.15) is 45.7 Å². The lowest BCUT2D eigenvalue weighted by Crippen LogP contribution is -2.51. The summed E-state index contributed by atoms with van der Waals surface area (Å²) in [5, 5.41) is 12.3. The molecule has 37 heavy (non-hydrogen) atoms. The molecule has 3 aromatic rings. The summed E-state index contributed by atoms with van der Waals surface area (Å²) < 4.78 is 6.02. The molecule has 2 atom stereocenters. The van der Waals surface area contributed by atoms with Crippen LogP contribution in [-0.4, -0.2) is 90.1 Å². The number of aliphatic hydroxyl groups is 1. The highest BCUT2D eigenvalue weighted by Gasteiger charge is 2.33. The van der Waals surface area contributed by atoms with Crippen LogP contribution in [0.15, 0.2) is 66.7 Å². The number of nitrogens with zero attached hydrogens (tertiary/aromatic N) is 3. The Kier molecular flexibility index (Phi) is 7.96. The van der Waals surface area contributed by atoms with Crippen molar-refractivity contribution in [2.75, 3.05) is 52.4 Å². The number of carbonyl (C=O) groups is 2. The molecule has 0 bridgehead atoms. The molecular formula is C30H35N3O4. The van der Waals surface area contributed by atoms with Crippen molar-refractivity contribution in [3.8, 4) is 0 Å². The number of rotatable bonds is 10. The normalized spacial score (nSPS) is 18.4. The number of piperazine rings is 1. The van der Waals surface area contributed by atoms with Gasteiger partial charge in [-0.25, -0.2) is 0 Å². The van der Waals surface area contributed by atoms with E-state index < -0.39 is 6.10 Å². The lowest BCUT2D eigenvalue weighted by molar-refractivity contribution is -0.0282. The predicted octanol–water partition coefficient (Wildman–Crippen LogP) is 3.58. The number of imide groups is 1. The van der Waals surface area contributed by atoms with Crippen LogP contribution in [0.25, 0.3) is 10.8 Å². The number of hydrogen-bond donors (Lipinski definition) is 1. The molecule has 194 valence electrons.